The van der Waals surface area contributed by atoms with Crippen LogP contribution >= 0.6 is 23.5 Å². The van der Waals surface area contributed by atoms with E-state index >= 15 is 0 Å². The van der Waals surface area contributed by atoms with E-state index in [1.54, 1.807) is 11.8 Å². The molecule has 0 fully saturated rings. The van der Waals surface area contributed by atoms with Crippen LogP contribution in [0, 0.1) is 0 Å². The van der Waals surface area contributed by atoms with Gasteiger partial charge < -0.3 is 20.7 Å². The van der Waals surface area contributed by atoms with Crippen molar-refractivity contribution < 1.29 is 19.7 Å². The Labute approximate surface area is 151 Å². The van der Waals surface area contributed by atoms with Gasteiger partial charge in [-0.1, -0.05) is 11.8 Å². The first-order valence-corrected chi connectivity index (χ1v) is 9.62. The lowest BCUT2D eigenvalue weighted by molar-refractivity contribution is -0.144. The zero-order valence-corrected chi connectivity index (χ0v) is 15.0. The quantitative estimate of drug-likeness (QED) is 0.454. The number of esters is 1. The third-order valence-electron chi connectivity index (χ3n) is 3.51. The maximum absolute atomic E-state index is 11.8. The Morgan fingerprint density at radius 1 is 1.56 bits per heavy atom. The molecule has 5 N–H and O–H groups in total. The Bertz CT molecular complexity index is 774. The van der Waals surface area contributed by atoms with Gasteiger partial charge in [0.2, 0.25) is 0 Å². The van der Waals surface area contributed by atoms with E-state index in [1.807, 2.05) is 6.26 Å². The summed E-state index contributed by atoms with van der Waals surface area (Å²) in [5, 5.41) is 19.3. The molecule has 1 aromatic heterocycles. The minimum atomic E-state index is -1.37. The van der Waals surface area contributed by atoms with Gasteiger partial charge in [0.05, 0.1) is 4.91 Å². The standard InChI is InChI=1S/C14H19N3O6S2/c1-24-5-3-7(15)13(21)23-6-8-10(19)11(20)12(25-8)17-4-2-9(18)16-14(17)22/h2,4,7,11-12,19-20H,3,5-6,15H2,1H3,(H,16,18,22)/t7-,11?,12-/m1/s1. The summed E-state index contributed by atoms with van der Waals surface area (Å²) in [6, 6.07) is 0.373. The van der Waals surface area contributed by atoms with E-state index in [1.165, 1.54) is 6.20 Å². The van der Waals surface area contributed by atoms with Crippen LogP contribution in [0.25, 0.3) is 0 Å². The van der Waals surface area contributed by atoms with Crippen LogP contribution in [0.2, 0.25) is 0 Å². The Morgan fingerprint density at radius 3 is 2.92 bits per heavy atom. The van der Waals surface area contributed by atoms with Crippen molar-refractivity contribution in [3.8, 4) is 0 Å². The number of aromatic nitrogens is 2. The largest absolute Gasteiger partial charge is 0.508 e. The van der Waals surface area contributed by atoms with Crippen LogP contribution in [-0.2, 0) is 9.53 Å². The van der Waals surface area contributed by atoms with Gasteiger partial charge >= 0.3 is 11.7 Å². The van der Waals surface area contributed by atoms with E-state index < -0.39 is 34.7 Å². The van der Waals surface area contributed by atoms with E-state index in [9.17, 15) is 24.6 Å². The number of nitrogens with one attached hydrogen (secondary N) is 1. The average molecular weight is 389 g/mol. The zero-order chi connectivity index (χ0) is 18.6. The normalized spacial score (nSPS) is 21.4. The minimum Gasteiger partial charge on any atom is -0.508 e. The highest BCUT2D eigenvalue weighted by Crippen LogP contribution is 2.43. The molecule has 25 heavy (non-hydrogen) atoms. The molecule has 9 nitrogen and oxygen atoms in total. The van der Waals surface area contributed by atoms with Gasteiger partial charge in [-0.15, -0.1) is 0 Å². The van der Waals surface area contributed by atoms with Crippen LogP contribution < -0.4 is 17.0 Å². The SMILES string of the molecule is CSCC[C@@H](N)C(=O)OCC1=C(O)C(O)[C@H](n2ccc(=O)[nH]c2=O)S1. The predicted molar refractivity (Wildman–Crippen MR) is 95.5 cm³/mol. The molecule has 1 aliphatic rings. The molecule has 1 aromatic rings. The molecule has 3 atom stereocenters. The number of nitrogens with two attached hydrogens (primary N) is 1. The number of thioether (sulfide) groups is 2. The first-order valence-electron chi connectivity index (χ1n) is 7.34. The maximum atomic E-state index is 11.8. The number of rotatable bonds is 7. The van der Waals surface area contributed by atoms with Crippen LogP contribution in [0.4, 0.5) is 0 Å². The lowest BCUT2D eigenvalue weighted by atomic mass is 10.2. The molecule has 0 radical (unpaired) electrons. The number of H-pyrrole nitrogens is 1. The molecule has 0 aromatic carbocycles. The van der Waals surface area contributed by atoms with Gasteiger partial charge in [0.25, 0.3) is 5.56 Å². The van der Waals surface area contributed by atoms with Crippen molar-refractivity contribution in [2.75, 3.05) is 18.6 Å². The fourth-order valence-electron chi connectivity index (χ4n) is 2.12. The van der Waals surface area contributed by atoms with Gasteiger partial charge in [-0.25, -0.2) is 4.79 Å². The highest BCUT2D eigenvalue weighted by Gasteiger charge is 2.37. The topological polar surface area (TPSA) is 148 Å². The number of aliphatic hydroxyl groups excluding tert-OH is 2. The molecule has 11 heteroatoms. The number of hydrogen-bond acceptors (Lipinski definition) is 9. The average Bonchev–Trinajstić information content (AvgIpc) is 2.85. The lowest BCUT2D eigenvalue weighted by Crippen LogP contribution is -2.34. The van der Waals surface area contributed by atoms with Gasteiger partial charge in [0.15, 0.2) is 0 Å². The monoisotopic (exact) mass is 389 g/mol. The molecule has 0 spiro atoms. The van der Waals surface area contributed by atoms with Gasteiger partial charge in [0.1, 0.15) is 29.9 Å². The highest BCUT2D eigenvalue weighted by atomic mass is 32.2. The van der Waals surface area contributed by atoms with Crippen LogP contribution in [0.5, 0.6) is 0 Å². The number of nitrogens with zero attached hydrogens (tertiary/aromatic N) is 1. The fourth-order valence-corrected chi connectivity index (χ4v) is 3.81. The first kappa shape index (κ1) is 19.6. The van der Waals surface area contributed by atoms with Gasteiger partial charge in [0, 0.05) is 12.3 Å². The zero-order valence-electron chi connectivity index (χ0n) is 13.4. The maximum Gasteiger partial charge on any atom is 0.329 e. The molecule has 2 rings (SSSR count). The van der Waals surface area contributed by atoms with Gasteiger partial charge in [-0.2, -0.15) is 11.8 Å². The van der Waals surface area contributed by atoms with Crippen LogP contribution in [0.3, 0.4) is 0 Å². The second-order valence-electron chi connectivity index (χ2n) is 5.27. The summed E-state index contributed by atoms with van der Waals surface area (Å²) in [5.41, 5.74) is 4.42. The number of carbonyl (C=O) groups excluding carboxylic acids is 1. The first-order chi connectivity index (χ1) is 11.8. The molecule has 2 heterocycles. The highest BCUT2D eigenvalue weighted by molar-refractivity contribution is 8.03. The summed E-state index contributed by atoms with van der Waals surface area (Å²) in [4.78, 5) is 37.0. The molecular formula is C14H19N3O6S2. The Morgan fingerprint density at radius 2 is 2.28 bits per heavy atom. The number of aliphatic hydroxyl groups is 2. The van der Waals surface area contributed by atoms with Crippen molar-refractivity contribution >= 4 is 29.5 Å². The third-order valence-corrected chi connectivity index (χ3v) is 5.49. The summed E-state index contributed by atoms with van der Waals surface area (Å²) < 4.78 is 6.16. The number of carbonyl (C=O) groups is 1. The summed E-state index contributed by atoms with van der Waals surface area (Å²) >= 11 is 2.53. The minimum absolute atomic E-state index is 0.223. The molecule has 0 amide bonds. The van der Waals surface area contributed by atoms with Crippen LogP contribution in [0.15, 0.2) is 32.5 Å². The predicted octanol–water partition coefficient (Wildman–Crippen LogP) is -0.464. The third kappa shape index (κ3) is 4.69. The summed E-state index contributed by atoms with van der Waals surface area (Å²) in [6.45, 7) is -0.256. The molecule has 1 unspecified atom stereocenters. The van der Waals surface area contributed by atoms with Gasteiger partial charge in [-0.05, 0) is 18.4 Å². The van der Waals surface area contributed by atoms with Crippen molar-refractivity contribution in [2.45, 2.75) is 23.9 Å². The number of ether oxygens (including phenoxy) is 1. The smallest absolute Gasteiger partial charge is 0.329 e. The molecule has 138 valence electrons. The molecule has 0 bridgehead atoms. The molecule has 0 saturated heterocycles. The summed E-state index contributed by atoms with van der Waals surface area (Å²) in [5.74, 6) is -0.262. The molecule has 1 aliphatic heterocycles. The summed E-state index contributed by atoms with van der Waals surface area (Å²) in [6.07, 6.45) is 2.22. The van der Waals surface area contributed by atoms with E-state index in [-0.39, 0.29) is 17.3 Å². The molecule has 0 saturated carbocycles. The van der Waals surface area contributed by atoms with Crippen molar-refractivity contribution in [2.24, 2.45) is 5.73 Å². The Hall–Kier alpha value is -1.69. The van der Waals surface area contributed by atoms with E-state index in [0.717, 1.165) is 28.1 Å². The van der Waals surface area contributed by atoms with E-state index in [0.29, 0.717) is 6.42 Å². The number of hydrogen-bond donors (Lipinski definition) is 4. The molecular weight excluding hydrogens is 370 g/mol. The van der Waals surface area contributed by atoms with Crippen molar-refractivity contribution in [1.29, 1.82) is 0 Å². The van der Waals surface area contributed by atoms with Crippen LogP contribution in [0.1, 0.15) is 11.8 Å². The van der Waals surface area contributed by atoms with Crippen molar-refractivity contribution in [1.82, 2.24) is 9.55 Å². The Kier molecular flexibility index (Phi) is 6.76. The van der Waals surface area contributed by atoms with Crippen molar-refractivity contribution in [3.05, 3.63) is 43.8 Å². The summed E-state index contributed by atoms with van der Waals surface area (Å²) in [7, 11) is 0. The lowest BCUT2D eigenvalue weighted by Gasteiger charge is -2.16. The Balaban J connectivity index is 2.02. The fraction of sp³-hybridized carbons (Fsp3) is 0.500. The second-order valence-corrected chi connectivity index (χ2v) is 7.47. The number of aromatic amines is 1. The molecule has 0 aliphatic carbocycles. The second kappa shape index (κ2) is 8.61. The van der Waals surface area contributed by atoms with Crippen molar-refractivity contribution in [3.63, 3.8) is 0 Å². The van der Waals surface area contributed by atoms with Crippen LogP contribution in [-0.4, -0.2) is 56.5 Å². The van der Waals surface area contributed by atoms with E-state index in [4.69, 9.17) is 10.5 Å². The van der Waals surface area contributed by atoms with E-state index in [2.05, 4.69) is 4.98 Å². The van der Waals surface area contributed by atoms with Gasteiger partial charge in [-0.3, -0.25) is 19.1 Å².